The molecule has 9 heavy (non-hydrogen) atoms. The highest BCUT2D eigenvalue weighted by molar-refractivity contribution is 5.85. The zero-order valence-corrected chi connectivity index (χ0v) is 6.54. The van der Waals surface area contributed by atoms with Crippen molar-refractivity contribution in [3.05, 3.63) is 0 Å². The van der Waals surface area contributed by atoms with Gasteiger partial charge in [0.1, 0.15) is 0 Å². The molecule has 0 aromatic rings. The largest absolute Gasteiger partial charge is 0.377 e. The Bertz CT molecular complexity index is 62.1. The fourth-order valence-electron chi connectivity index (χ4n) is 0.846. The van der Waals surface area contributed by atoms with Crippen molar-refractivity contribution in [2.24, 2.45) is 0 Å². The summed E-state index contributed by atoms with van der Waals surface area (Å²) in [4.78, 5) is 0. The normalized spacial score (nSPS) is 28.3. The van der Waals surface area contributed by atoms with Crippen LogP contribution < -0.4 is 5.32 Å². The van der Waals surface area contributed by atoms with Crippen molar-refractivity contribution in [3.8, 4) is 0 Å². The maximum Gasteiger partial charge on any atom is 0.0594 e. The SMILES string of the molecule is C[C@@H]1CCNCCO1.Cl. The molecule has 0 spiro atoms. The van der Waals surface area contributed by atoms with Gasteiger partial charge in [0.05, 0.1) is 12.7 Å². The molecule has 0 amide bonds. The van der Waals surface area contributed by atoms with Gasteiger partial charge in [-0.1, -0.05) is 0 Å². The molecule has 1 aliphatic rings. The fourth-order valence-corrected chi connectivity index (χ4v) is 0.846. The van der Waals surface area contributed by atoms with Gasteiger partial charge in [-0.15, -0.1) is 12.4 Å². The summed E-state index contributed by atoms with van der Waals surface area (Å²) in [6.45, 7) is 5.12. The molecular formula is C6H14ClNO. The van der Waals surface area contributed by atoms with Crippen molar-refractivity contribution in [1.82, 2.24) is 5.32 Å². The molecule has 1 atom stereocenters. The van der Waals surface area contributed by atoms with Gasteiger partial charge in [0.25, 0.3) is 0 Å². The van der Waals surface area contributed by atoms with E-state index in [1.165, 1.54) is 0 Å². The smallest absolute Gasteiger partial charge is 0.0594 e. The highest BCUT2D eigenvalue weighted by Gasteiger charge is 2.04. The highest BCUT2D eigenvalue weighted by atomic mass is 35.5. The molecule has 0 aromatic heterocycles. The lowest BCUT2D eigenvalue weighted by atomic mass is 10.3. The Labute approximate surface area is 62.4 Å². The Hall–Kier alpha value is 0.210. The van der Waals surface area contributed by atoms with E-state index < -0.39 is 0 Å². The zero-order chi connectivity index (χ0) is 5.82. The van der Waals surface area contributed by atoms with Crippen molar-refractivity contribution in [2.45, 2.75) is 19.4 Å². The Kier molecular flexibility index (Phi) is 5.15. The maximum atomic E-state index is 5.34. The van der Waals surface area contributed by atoms with E-state index in [0.29, 0.717) is 6.10 Å². The molecule has 0 aromatic carbocycles. The van der Waals surface area contributed by atoms with Gasteiger partial charge in [-0.05, 0) is 19.9 Å². The minimum absolute atomic E-state index is 0. The van der Waals surface area contributed by atoms with Crippen LogP contribution in [0.5, 0.6) is 0 Å². The van der Waals surface area contributed by atoms with Gasteiger partial charge in [0, 0.05) is 6.54 Å². The summed E-state index contributed by atoms with van der Waals surface area (Å²) in [5.41, 5.74) is 0. The van der Waals surface area contributed by atoms with Crippen LogP contribution in [0.2, 0.25) is 0 Å². The van der Waals surface area contributed by atoms with Gasteiger partial charge >= 0.3 is 0 Å². The third kappa shape index (κ3) is 3.73. The first kappa shape index (κ1) is 9.21. The summed E-state index contributed by atoms with van der Waals surface area (Å²) in [5, 5.41) is 3.25. The van der Waals surface area contributed by atoms with Crippen LogP contribution in [0.15, 0.2) is 0 Å². The Morgan fingerprint density at radius 2 is 2.22 bits per heavy atom. The highest BCUT2D eigenvalue weighted by Crippen LogP contribution is 1.97. The molecular weight excluding hydrogens is 138 g/mol. The van der Waals surface area contributed by atoms with Crippen molar-refractivity contribution in [3.63, 3.8) is 0 Å². The fraction of sp³-hybridized carbons (Fsp3) is 1.00. The topological polar surface area (TPSA) is 21.3 Å². The molecule has 1 heterocycles. The third-order valence-electron chi connectivity index (χ3n) is 1.41. The summed E-state index contributed by atoms with van der Waals surface area (Å²) in [6.07, 6.45) is 1.62. The molecule has 56 valence electrons. The molecule has 0 bridgehead atoms. The van der Waals surface area contributed by atoms with E-state index in [2.05, 4.69) is 12.2 Å². The Morgan fingerprint density at radius 1 is 1.44 bits per heavy atom. The average Bonchev–Trinajstić information content (AvgIpc) is 1.94. The van der Waals surface area contributed by atoms with Crippen LogP contribution in [-0.2, 0) is 4.74 Å². The second-order valence-electron chi connectivity index (χ2n) is 2.22. The molecule has 2 nitrogen and oxygen atoms in total. The first-order chi connectivity index (χ1) is 3.89. The summed E-state index contributed by atoms with van der Waals surface area (Å²) in [7, 11) is 0. The number of rotatable bonds is 0. The second kappa shape index (κ2) is 5.03. The maximum absolute atomic E-state index is 5.34. The summed E-state index contributed by atoms with van der Waals surface area (Å²) >= 11 is 0. The van der Waals surface area contributed by atoms with Crippen LogP contribution in [0.25, 0.3) is 0 Å². The molecule has 1 rings (SSSR count). The zero-order valence-electron chi connectivity index (χ0n) is 5.72. The van der Waals surface area contributed by atoms with Crippen molar-refractivity contribution >= 4 is 12.4 Å². The molecule has 0 saturated carbocycles. The number of hydrogen-bond acceptors (Lipinski definition) is 2. The third-order valence-corrected chi connectivity index (χ3v) is 1.41. The standard InChI is InChI=1S/C6H13NO.ClH/c1-6-2-3-7-4-5-8-6;/h6-7H,2-5H2,1H3;1H/t6-;/m1./s1. The molecule has 0 radical (unpaired) electrons. The minimum Gasteiger partial charge on any atom is -0.377 e. The van der Waals surface area contributed by atoms with Gasteiger partial charge in [-0.25, -0.2) is 0 Å². The molecule has 1 N–H and O–H groups in total. The van der Waals surface area contributed by atoms with Crippen LogP contribution in [-0.4, -0.2) is 25.8 Å². The minimum atomic E-state index is 0. The van der Waals surface area contributed by atoms with Crippen molar-refractivity contribution in [1.29, 1.82) is 0 Å². The van der Waals surface area contributed by atoms with E-state index in [4.69, 9.17) is 4.74 Å². The Morgan fingerprint density at radius 3 is 3.00 bits per heavy atom. The van der Waals surface area contributed by atoms with E-state index in [1.54, 1.807) is 0 Å². The van der Waals surface area contributed by atoms with Gasteiger partial charge in [-0.2, -0.15) is 0 Å². The Balaban J connectivity index is 0.000000640. The van der Waals surface area contributed by atoms with E-state index in [-0.39, 0.29) is 12.4 Å². The molecule has 3 heteroatoms. The van der Waals surface area contributed by atoms with E-state index in [0.717, 1.165) is 26.1 Å². The molecule has 1 aliphatic heterocycles. The van der Waals surface area contributed by atoms with Crippen molar-refractivity contribution in [2.75, 3.05) is 19.7 Å². The monoisotopic (exact) mass is 151 g/mol. The van der Waals surface area contributed by atoms with Gasteiger partial charge in [0.2, 0.25) is 0 Å². The van der Waals surface area contributed by atoms with Crippen LogP contribution in [0.1, 0.15) is 13.3 Å². The lowest BCUT2D eigenvalue weighted by Gasteiger charge is -2.04. The summed E-state index contributed by atoms with van der Waals surface area (Å²) in [5.74, 6) is 0. The van der Waals surface area contributed by atoms with Gasteiger partial charge in [0.15, 0.2) is 0 Å². The number of hydrogen-bond donors (Lipinski definition) is 1. The lowest BCUT2D eigenvalue weighted by Crippen LogP contribution is -2.16. The molecule has 0 unspecified atom stereocenters. The van der Waals surface area contributed by atoms with Crippen LogP contribution >= 0.6 is 12.4 Å². The van der Waals surface area contributed by atoms with Crippen LogP contribution in [0.3, 0.4) is 0 Å². The number of ether oxygens (including phenoxy) is 1. The first-order valence-electron chi connectivity index (χ1n) is 3.22. The molecule has 1 saturated heterocycles. The number of halogens is 1. The van der Waals surface area contributed by atoms with Gasteiger partial charge in [-0.3, -0.25) is 0 Å². The quantitative estimate of drug-likeness (QED) is 0.553. The van der Waals surface area contributed by atoms with E-state index in [1.807, 2.05) is 0 Å². The molecule has 0 aliphatic carbocycles. The van der Waals surface area contributed by atoms with E-state index in [9.17, 15) is 0 Å². The van der Waals surface area contributed by atoms with Gasteiger partial charge < -0.3 is 10.1 Å². The second-order valence-corrected chi connectivity index (χ2v) is 2.22. The predicted octanol–water partition coefficient (Wildman–Crippen LogP) is 0.807. The first-order valence-corrected chi connectivity index (χ1v) is 3.22. The van der Waals surface area contributed by atoms with Crippen molar-refractivity contribution < 1.29 is 4.74 Å². The molecule has 1 fully saturated rings. The number of nitrogens with one attached hydrogen (secondary N) is 1. The predicted molar refractivity (Wildman–Crippen MR) is 40.1 cm³/mol. The van der Waals surface area contributed by atoms with Crippen LogP contribution in [0.4, 0.5) is 0 Å². The summed E-state index contributed by atoms with van der Waals surface area (Å²) < 4.78 is 5.34. The van der Waals surface area contributed by atoms with Crippen LogP contribution in [0, 0.1) is 0 Å². The summed E-state index contributed by atoms with van der Waals surface area (Å²) in [6, 6.07) is 0. The average molecular weight is 152 g/mol. The van der Waals surface area contributed by atoms with E-state index >= 15 is 0 Å². The lowest BCUT2D eigenvalue weighted by molar-refractivity contribution is 0.0783.